The number of aliphatic hydroxyl groups excluding tert-OH is 2. The Morgan fingerprint density at radius 1 is 1.12 bits per heavy atom. The Labute approximate surface area is 100 Å². The van der Waals surface area contributed by atoms with Gasteiger partial charge in [0.2, 0.25) is 11.8 Å². The number of likely N-dealkylation sites (tertiary alicyclic amines) is 1. The molecule has 0 atom stereocenters. The molecule has 2 aliphatic rings. The maximum absolute atomic E-state index is 12.3. The van der Waals surface area contributed by atoms with E-state index in [0.29, 0.717) is 0 Å². The summed E-state index contributed by atoms with van der Waals surface area (Å²) in [5, 5.41) is 18.2. The van der Waals surface area contributed by atoms with Crippen LogP contribution in [-0.2, 0) is 9.59 Å². The highest BCUT2D eigenvalue weighted by Gasteiger charge is 2.53. The van der Waals surface area contributed by atoms with E-state index < -0.39 is 11.5 Å². The number of carbonyl (C=O) groups is 2. The molecule has 0 aromatic rings. The number of hydrogen-bond acceptors (Lipinski definition) is 4. The Hall–Kier alpha value is -0.940. The van der Waals surface area contributed by atoms with Crippen LogP contribution in [-0.4, -0.2) is 46.2 Å². The first kappa shape index (κ1) is 12.5. The lowest BCUT2D eigenvalue weighted by Crippen LogP contribution is -2.46. The fourth-order valence-corrected chi connectivity index (χ4v) is 3.03. The molecule has 0 bridgehead atoms. The third-order valence-electron chi connectivity index (χ3n) is 4.03. The summed E-state index contributed by atoms with van der Waals surface area (Å²) in [4.78, 5) is 25.3. The van der Waals surface area contributed by atoms with E-state index in [4.69, 9.17) is 10.2 Å². The number of rotatable bonds is 3. The number of hydrogen-bond donors (Lipinski definition) is 2. The summed E-state index contributed by atoms with van der Waals surface area (Å²) in [6.45, 7) is -0.742. The second kappa shape index (κ2) is 4.74. The molecular formula is C12H19NO4. The van der Waals surface area contributed by atoms with Crippen LogP contribution in [0.25, 0.3) is 0 Å². The van der Waals surface area contributed by atoms with Crippen molar-refractivity contribution in [1.29, 1.82) is 0 Å². The zero-order valence-corrected chi connectivity index (χ0v) is 9.89. The molecule has 2 fully saturated rings. The fraction of sp³-hybridized carbons (Fsp3) is 0.833. The first-order valence-corrected chi connectivity index (χ1v) is 6.23. The van der Waals surface area contributed by atoms with Crippen LogP contribution in [0.3, 0.4) is 0 Å². The molecule has 2 N–H and O–H groups in total. The van der Waals surface area contributed by atoms with Crippen LogP contribution < -0.4 is 0 Å². The predicted molar refractivity (Wildman–Crippen MR) is 59.9 cm³/mol. The first-order valence-electron chi connectivity index (χ1n) is 6.23. The molecule has 5 nitrogen and oxygen atoms in total. The Kier molecular flexibility index (Phi) is 3.49. The summed E-state index contributed by atoms with van der Waals surface area (Å²) in [5.74, 6) is -0.430. The molecule has 1 aliphatic heterocycles. The van der Waals surface area contributed by atoms with E-state index in [0.717, 1.165) is 37.0 Å². The van der Waals surface area contributed by atoms with Gasteiger partial charge in [0, 0.05) is 6.42 Å². The molecule has 1 saturated heterocycles. The highest BCUT2D eigenvalue weighted by molar-refractivity contribution is 6.06. The highest BCUT2D eigenvalue weighted by atomic mass is 16.3. The summed E-state index contributed by atoms with van der Waals surface area (Å²) in [7, 11) is 0. The Bertz CT molecular complexity index is 318. The van der Waals surface area contributed by atoms with Crippen molar-refractivity contribution in [3.8, 4) is 0 Å². The standard InChI is InChI=1S/C12H19NO4/c14-7-9(8-15)13-10(16)6-12(11(13)17)4-2-1-3-5-12/h9,14-15H,1-8H2. The van der Waals surface area contributed by atoms with Crippen molar-refractivity contribution in [2.24, 2.45) is 5.41 Å². The van der Waals surface area contributed by atoms with E-state index in [-0.39, 0.29) is 31.4 Å². The molecule has 1 heterocycles. The molecule has 1 aliphatic carbocycles. The third-order valence-corrected chi connectivity index (χ3v) is 4.03. The molecule has 0 aromatic heterocycles. The maximum atomic E-state index is 12.3. The van der Waals surface area contributed by atoms with Gasteiger partial charge in [0.1, 0.15) is 0 Å². The van der Waals surface area contributed by atoms with Gasteiger partial charge in [0.05, 0.1) is 24.7 Å². The quantitative estimate of drug-likeness (QED) is 0.684. The van der Waals surface area contributed by atoms with Crippen molar-refractivity contribution in [2.75, 3.05) is 13.2 Å². The smallest absolute Gasteiger partial charge is 0.236 e. The molecule has 96 valence electrons. The third kappa shape index (κ3) is 1.98. The molecule has 5 heteroatoms. The van der Waals surface area contributed by atoms with Crippen molar-refractivity contribution in [1.82, 2.24) is 4.90 Å². The predicted octanol–water partition coefficient (Wildman–Crippen LogP) is 0.0490. The summed E-state index contributed by atoms with van der Waals surface area (Å²) < 4.78 is 0. The van der Waals surface area contributed by atoms with E-state index >= 15 is 0 Å². The minimum Gasteiger partial charge on any atom is -0.394 e. The zero-order chi connectivity index (χ0) is 12.5. The van der Waals surface area contributed by atoms with Gasteiger partial charge in [-0.3, -0.25) is 14.5 Å². The van der Waals surface area contributed by atoms with Crippen LogP contribution in [0.15, 0.2) is 0 Å². The lowest BCUT2D eigenvalue weighted by molar-refractivity contribution is -0.147. The van der Waals surface area contributed by atoms with Crippen LogP contribution in [0.4, 0.5) is 0 Å². The van der Waals surface area contributed by atoms with Crippen molar-refractivity contribution in [2.45, 2.75) is 44.6 Å². The molecule has 2 amide bonds. The van der Waals surface area contributed by atoms with Gasteiger partial charge in [-0.2, -0.15) is 0 Å². The molecule has 17 heavy (non-hydrogen) atoms. The van der Waals surface area contributed by atoms with E-state index in [9.17, 15) is 9.59 Å². The zero-order valence-electron chi connectivity index (χ0n) is 9.89. The summed E-state index contributed by atoms with van der Waals surface area (Å²) in [6, 6.07) is -0.767. The number of aliphatic hydroxyl groups is 2. The largest absolute Gasteiger partial charge is 0.394 e. The second-order valence-electron chi connectivity index (χ2n) is 5.11. The first-order chi connectivity index (χ1) is 8.14. The molecular weight excluding hydrogens is 222 g/mol. The summed E-state index contributed by atoms with van der Waals surface area (Å²) in [6.07, 6.45) is 4.86. The number of imide groups is 1. The van der Waals surface area contributed by atoms with Gasteiger partial charge in [0.25, 0.3) is 0 Å². The second-order valence-corrected chi connectivity index (χ2v) is 5.11. The van der Waals surface area contributed by atoms with Crippen molar-refractivity contribution < 1.29 is 19.8 Å². The van der Waals surface area contributed by atoms with Crippen LogP contribution in [0.1, 0.15) is 38.5 Å². The fourth-order valence-electron chi connectivity index (χ4n) is 3.03. The lowest BCUT2D eigenvalue weighted by Gasteiger charge is -2.31. The molecule has 1 saturated carbocycles. The van der Waals surface area contributed by atoms with Gasteiger partial charge in [-0.05, 0) is 12.8 Å². The minimum absolute atomic E-state index is 0.185. The Morgan fingerprint density at radius 3 is 2.24 bits per heavy atom. The minimum atomic E-state index is -0.767. The average Bonchev–Trinajstić information content (AvgIpc) is 2.56. The molecule has 2 rings (SSSR count). The van der Waals surface area contributed by atoms with E-state index in [1.165, 1.54) is 0 Å². The maximum Gasteiger partial charge on any atom is 0.236 e. The molecule has 0 unspecified atom stereocenters. The van der Waals surface area contributed by atoms with Crippen LogP contribution in [0, 0.1) is 5.41 Å². The summed E-state index contributed by atoms with van der Waals surface area (Å²) >= 11 is 0. The van der Waals surface area contributed by atoms with Gasteiger partial charge < -0.3 is 10.2 Å². The molecule has 1 spiro atoms. The highest BCUT2D eigenvalue weighted by Crippen LogP contribution is 2.45. The van der Waals surface area contributed by atoms with Gasteiger partial charge >= 0.3 is 0 Å². The number of carbonyl (C=O) groups excluding carboxylic acids is 2. The lowest BCUT2D eigenvalue weighted by atomic mass is 9.73. The van der Waals surface area contributed by atoms with Gasteiger partial charge in [-0.25, -0.2) is 0 Å². The van der Waals surface area contributed by atoms with Crippen LogP contribution in [0.2, 0.25) is 0 Å². The Balaban J connectivity index is 2.20. The van der Waals surface area contributed by atoms with Crippen molar-refractivity contribution >= 4 is 11.8 Å². The summed E-state index contributed by atoms with van der Waals surface area (Å²) in [5.41, 5.74) is -0.530. The molecule has 0 aromatic carbocycles. The van der Waals surface area contributed by atoms with Gasteiger partial charge in [0.15, 0.2) is 0 Å². The van der Waals surface area contributed by atoms with Crippen LogP contribution >= 0.6 is 0 Å². The van der Waals surface area contributed by atoms with E-state index in [1.54, 1.807) is 0 Å². The SMILES string of the molecule is O=C1CC2(CCCCC2)C(=O)N1C(CO)CO. The average molecular weight is 241 g/mol. The normalized spacial score (nSPS) is 24.1. The monoisotopic (exact) mass is 241 g/mol. The topological polar surface area (TPSA) is 77.8 Å². The number of amides is 2. The van der Waals surface area contributed by atoms with Crippen molar-refractivity contribution in [3.05, 3.63) is 0 Å². The number of nitrogens with zero attached hydrogens (tertiary/aromatic N) is 1. The van der Waals surface area contributed by atoms with Gasteiger partial charge in [-0.15, -0.1) is 0 Å². The van der Waals surface area contributed by atoms with Crippen LogP contribution in [0.5, 0.6) is 0 Å². The Morgan fingerprint density at radius 2 is 1.71 bits per heavy atom. The van der Waals surface area contributed by atoms with E-state index in [1.807, 2.05) is 0 Å². The van der Waals surface area contributed by atoms with Crippen molar-refractivity contribution in [3.63, 3.8) is 0 Å². The van der Waals surface area contributed by atoms with Gasteiger partial charge in [-0.1, -0.05) is 19.3 Å². The van der Waals surface area contributed by atoms with E-state index in [2.05, 4.69) is 0 Å². The molecule has 0 radical (unpaired) electrons.